The maximum Gasteiger partial charge on any atom is 0.270 e. The fourth-order valence-electron chi connectivity index (χ4n) is 2.66. The summed E-state index contributed by atoms with van der Waals surface area (Å²) in [4.78, 5) is 12.8. The van der Waals surface area contributed by atoms with Crippen LogP contribution in [0.25, 0.3) is 16.9 Å². The van der Waals surface area contributed by atoms with E-state index in [1.54, 1.807) is 30.0 Å². The minimum atomic E-state index is -0.176. The molecule has 3 rings (SSSR count). The van der Waals surface area contributed by atoms with Gasteiger partial charge in [-0.05, 0) is 42.3 Å². The summed E-state index contributed by atoms with van der Waals surface area (Å²) in [6.45, 7) is 4.69. The molecule has 1 heterocycles. The Morgan fingerprint density at radius 3 is 2.67 bits per heavy atom. The summed E-state index contributed by atoms with van der Waals surface area (Å²) in [5, 5.41) is 8.19. The monoisotopic (exact) mass is 383 g/mol. The highest BCUT2D eigenvalue weighted by atomic mass is 35.5. The summed E-state index contributed by atoms with van der Waals surface area (Å²) in [7, 11) is 1.62. The second kappa shape index (κ2) is 8.27. The highest BCUT2D eigenvalue weighted by Crippen LogP contribution is 2.26. The minimum Gasteiger partial charge on any atom is -0.497 e. The Morgan fingerprint density at radius 2 is 1.96 bits per heavy atom. The van der Waals surface area contributed by atoms with E-state index in [0.29, 0.717) is 28.9 Å². The van der Waals surface area contributed by atoms with Crippen LogP contribution in [0.1, 0.15) is 24.3 Å². The van der Waals surface area contributed by atoms with Gasteiger partial charge in [-0.3, -0.25) is 4.79 Å². The second-order valence-corrected chi connectivity index (χ2v) is 7.08. The number of ether oxygens (including phenoxy) is 1. The smallest absolute Gasteiger partial charge is 0.270 e. The SMILES string of the molecule is COc1cccc(-c2cc(C(=O)NCC(C)C)n(-c3cccc(Cl)c3)n2)c1. The van der Waals surface area contributed by atoms with Gasteiger partial charge in [0, 0.05) is 17.1 Å². The lowest BCUT2D eigenvalue weighted by Crippen LogP contribution is -2.29. The molecule has 0 atom stereocenters. The Balaban J connectivity index is 2.06. The van der Waals surface area contributed by atoms with Gasteiger partial charge >= 0.3 is 0 Å². The number of amides is 1. The Labute approximate surface area is 163 Å². The first-order valence-electron chi connectivity index (χ1n) is 8.76. The van der Waals surface area contributed by atoms with Crippen molar-refractivity contribution < 1.29 is 9.53 Å². The predicted octanol–water partition coefficient (Wildman–Crippen LogP) is 4.59. The van der Waals surface area contributed by atoms with E-state index >= 15 is 0 Å². The van der Waals surface area contributed by atoms with Crippen LogP contribution < -0.4 is 10.1 Å². The van der Waals surface area contributed by atoms with Crippen molar-refractivity contribution in [2.45, 2.75) is 13.8 Å². The van der Waals surface area contributed by atoms with Crippen LogP contribution >= 0.6 is 11.6 Å². The van der Waals surface area contributed by atoms with Crippen molar-refractivity contribution in [3.05, 3.63) is 65.3 Å². The topological polar surface area (TPSA) is 56.1 Å². The van der Waals surface area contributed by atoms with Gasteiger partial charge in [-0.2, -0.15) is 5.10 Å². The van der Waals surface area contributed by atoms with Crippen LogP contribution in [0.3, 0.4) is 0 Å². The van der Waals surface area contributed by atoms with Crippen LogP contribution in [0.5, 0.6) is 5.75 Å². The molecule has 0 unspecified atom stereocenters. The molecule has 1 aromatic heterocycles. The van der Waals surface area contributed by atoms with E-state index in [2.05, 4.69) is 24.3 Å². The summed E-state index contributed by atoms with van der Waals surface area (Å²) in [5.74, 6) is 0.912. The number of benzene rings is 2. The Hall–Kier alpha value is -2.79. The van der Waals surface area contributed by atoms with E-state index in [9.17, 15) is 4.79 Å². The molecular weight excluding hydrogens is 362 g/mol. The number of hydrogen-bond acceptors (Lipinski definition) is 3. The molecule has 140 valence electrons. The van der Waals surface area contributed by atoms with Crippen LogP contribution in [0.4, 0.5) is 0 Å². The van der Waals surface area contributed by atoms with Crippen molar-refractivity contribution in [2.24, 2.45) is 5.92 Å². The third-order valence-electron chi connectivity index (χ3n) is 4.03. The van der Waals surface area contributed by atoms with Crippen molar-refractivity contribution in [2.75, 3.05) is 13.7 Å². The van der Waals surface area contributed by atoms with Crippen molar-refractivity contribution in [1.29, 1.82) is 0 Å². The number of aromatic nitrogens is 2. The van der Waals surface area contributed by atoms with Crippen LogP contribution in [-0.2, 0) is 0 Å². The molecule has 0 aliphatic heterocycles. The molecule has 0 fully saturated rings. The average molecular weight is 384 g/mol. The fraction of sp³-hybridized carbons (Fsp3) is 0.238. The summed E-state index contributed by atoms with van der Waals surface area (Å²) >= 11 is 6.13. The quantitative estimate of drug-likeness (QED) is 0.677. The lowest BCUT2D eigenvalue weighted by molar-refractivity contribution is 0.0941. The molecule has 6 heteroatoms. The molecule has 1 N–H and O–H groups in total. The van der Waals surface area contributed by atoms with E-state index in [1.165, 1.54) is 0 Å². The van der Waals surface area contributed by atoms with Crippen molar-refractivity contribution in [3.63, 3.8) is 0 Å². The minimum absolute atomic E-state index is 0.176. The molecule has 5 nitrogen and oxygen atoms in total. The Kier molecular flexibility index (Phi) is 5.81. The van der Waals surface area contributed by atoms with Gasteiger partial charge in [-0.25, -0.2) is 4.68 Å². The van der Waals surface area contributed by atoms with Gasteiger partial charge in [0.05, 0.1) is 18.5 Å². The summed E-state index contributed by atoms with van der Waals surface area (Å²) in [5.41, 5.74) is 2.73. The largest absolute Gasteiger partial charge is 0.497 e. The molecule has 1 amide bonds. The van der Waals surface area contributed by atoms with Crippen LogP contribution in [0, 0.1) is 5.92 Å². The zero-order valence-electron chi connectivity index (χ0n) is 15.6. The zero-order valence-corrected chi connectivity index (χ0v) is 16.3. The molecule has 0 radical (unpaired) electrons. The fourth-order valence-corrected chi connectivity index (χ4v) is 2.84. The molecular formula is C21H22ClN3O2. The summed E-state index contributed by atoms with van der Waals surface area (Å²) < 4.78 is 6.92. The van der Waals surface area contributed by atoms with Gasteiger partial charge in [0.15, 0.2) is 0 Å². The molecule has 27 heavy (non-hydrogen) atoms. The standard InChI is InChI=1S/C21H22ClN3O2/c1-14(2)13-23-21(26)20-12-19(15-6-4-9-18(10-15)27-3)24-25(20)17-8-5-7-16(22)11-17/h4-12,14H,13H2,1-3H3,(H,23,26). The summed E-state index contributed by atoms with van der Waals surface area (Å²) in [6, 6.07) is 16.6. The van der Waals surface area contributed by atoms with Gasteiger partial charge in [0.1, 0.15) is 11.4 Å². The van der Waals surface area contributed by atoms with E-state index in [4.69, 9.17) is 16.3 Å². The maximum atomic E-state index is 12.8. The lowest BCUT2D eigenvalue weighted by Gasteiger charge is -2.10. The molecule has 0 saturated heterocycles. The number of nitrogens with zero attached hydrogens (tertiary/aromatic N) is 2. The van der Waals surface area contributed by atoms with Crippen LogP contribution in [-0.4, -0.2) is 29.3 Å². The third kappa shape index (κ3) is 4.49. The zero-order chi connectivity index (χ0) is 19.4. The van der Waals surface area contributed by atoms with Crippen molar-refractivity contribution in [3.8, 4) is 22.7 Å². The highest BCUT2D eigenvalue weighted by Gasteiger charge is 2.18. The van der Waals surface area contributed by atoms with Gasteiger partial charge in [-0.1, -0.05) is 43.6 Å². The maximum absolute atomic E-state index is 12.8. The Morgan fingerprint density at radius 1 is 1.19 bits per heavy atom. The number of methoxy groups -OCH3 is 1. The number of hydrogen-bond donors (Lipinski definition) is 1. The van der Waals surface area contributed by atoms with Crippen LogP contribution in [0.2, 0.25) is 5.02 Å². The van der Waals surface area contributed by atoms with E-state index < -0.39 is 0 Å². The van der Waals surface area contributed by atoms with Crippen LogP contribution in [0.15, 0.2) is 54.6 Å². The number of carbonyl (C=O) groups excluding carboxylic acids is 1. The molecule has 2 aromatic carbocycles. The number of halogens is 1. The van der Waals surface area contributed by atoms with E-state index in [0.717, 1.165) is 17.0 Å². The number of carbonyl (C=O) groups is 1. The Bertz CT molecular complexity index is 950. The molecule has 0 aliphatic carbocycles. The average Bonchev–Trinajstić information content (AvgIpc) is 3.11. The molecule has 0 aliphatic rings. The van der Waals surface area contributed by atoms with Gasteiger partial charge in [0.25, 0.3) is 5.91 Å². The van der Waals surface area contributed by atoms with Crippen molar-refractivity contribution in [1.82, 2.24) is 15.1 Å². The number of rotatable bonds is 6. The second-order valence-electron chi connectivity index (χ2n) is 6.64. The summed E-state index contributed by atoms with van der Waals surface area (Å²) in [6.07, 6.45) is 0. The lowest BCUT2D eigenvalue weighted by atomic mass is 10.1. The van der Waals surface area contributed by atoms with Gasteiger partial charge < -0.3 is 10.1 Å². The van der Waals surface area contributed by atoms with E-state index in [1.807, 2.05) is 36.4 Å². The van der Waals surface area contributed by atoms with Crippen molar-refractivity contribution >= 4 is 17.5 Å². The molecule has 0 spiro atoms. The number of nitrogens with one attached hydrogen (secondary N) is 1. The normalized spacial score (nSPS) is 10.9. The molecule has 3 aromatic rings. The van der Waals surface area contributed by atoms with Gasteiger partial charge in [-0.15, -0.1) is 0 Å². The predicted molar refractivity (Wildman–Crippen MR) is 108 cm³/mol. The first kappa shape index (κ1) is 19.0. The first-order valence-corrected chi connectivity index (χ1v) is 9.14. The third-order valence-corrected chi connectivity index (χ3v) is 4.27. The molecule has 0 saturated carbocycles. The van der Waals surface area contributed by atoms with Gasteiger partial charge in [0.2, 0.25) is 0 Å². The highest BCUT2D eigenvalue weighted by molar-refractivity contribution is 6.30. The van der Waals surface area contributed by atoms with E-state index in [-0.39, 0.29) is 5.91 Å². The first-order chi connectivity index (χ1) is 13.0. The molecule has 0 bridgehead atoms.